The number of rotatable bonds is 2. The topological polar surface area (TPSA) is 87.0 Å². The highest BCUT2D eigenvalue weighted by Crippen LogP contribution is 2.22. The molecule has 0 atom stereocenters. The first kappa shape index (κ1) is 8.58. The highest BCUT2D eigenvalue weighted by Gasteiger charge is 2.07. The van der Waals surface area contributed by atoms with Crippen LogP contribution in [-0.2, 0) is 0 Å². The fourth-order valence-corrected chi connectivity index (χ4v) is 0.709. The smallest absolute Gasteiger partial charge is 0.242 e. The minimum Gasteiger partial charge on any atom is -0.473 e. The van der Waals surface area contributed by atoms with Crippen LogP contribution in [0.2, 0.25) is 0 Å². The van der Waals surface area contributed by atoms with E-state index in [0.717, 1.165) is 0 Å². The third-order valence-corrected chi connectivity index (χ3v) is 1.23. The Morgan fingerprint density at radius 3 is 2.58 bits per heavy atom. The molecule has 0 unspecified atom stereocenters. The average molecular weight is 168 g/mol. The van der Waals surface area contributed by atoms with Gasteiger partial charge in [-0.15, -0.1) is 0 Å². The molecule has 0 aliphatic rings. The molecule has 4 N–H and O–H groups in total. The lowest BCUT2D eigenvalue weighted by Gasteiger charge is -2.10. The van der Waals surface area contributed by atoms with Gasteiger partial charge in [0.2, 0.25) is 5.88 Å². The lowest BCUT2D eigenvalue weighted by atomic mass is 10.4. The summed E-state index contributed by atoms with van der Waals surface area (Å²) in [5, 5.41) is 0. The van der Waals surface area contributed by atoms with Crippen molar-refractivity contribution in [2.75, 3.05) is 11.5 Å². The molecule has 0 saturated carbocycles. The summed E-state index contributed by atoms with van der Waals surface area (Å²) in [6.45, 7) is 3.77. The maximum absolute atomic E-state index is 5.56. The Morgan fingerprint density at radius 2 is 2.00 bits per heavy atom. The highest BCUT2D eigenvalue weighted by atomic mass is 16.5. The third-order valence-electron chi connectivity index (χ3n) is 1.23. The lowest BCUT2D eigenvalue weighted by molar-refractivity contribution is 0.234. The van der Waals surface area contributed by atoms with E-state index in [4.69, 9.17) is 16.2 Å². The van der Waals surface area contributed by atoms with Gasteiger partial charge in [-0.3, -0.25) is 0 Å². The maximum Gasteiger partial charge on any atom is 0.242 e. The number of nitrogen functional groups attached to an aromatic ring is 2. The van der Waals surface area contributed by atoms with Crippen LogP contribution in [0.25, 0.3) is 0 Å². The summed E-state index contributed by atoms with van der Waals surface area (Å²) in [5.74, 6) is 0.596. The standard InChI is InChI=1S/C7H12N4O/c1-4(2)12-7-5(8)6(9)10-3-11-7/h3-4H,8H2,1-2H3,(H2,9,10,11). The molecule has 66 valence electrons. The van der Waals surface area contributed by atoms with Crippen LogP contribution in [0.4, 0.5) is 11.5 Å². The van der Waals surface area contributed by atoms with Crippen LogP contribution in [-0.4, -0.2) is 16.1 Å². The highest BCUT2D eigenvalue weighted by molar-refractivity contribution is 5.63. The fraction of sp³-hybridized carbons (Fsp3) is 0.429. The summed E-state index contributed by atoms with van der Waals surface area (Å²) in [6, 6.07) is 0. The van der Waals surface area contributed by atoms with Crippen LogP contribution in [0.5, 0.6) is 5.88 Å². The predicted octanol–water partition coefficient (Wildman–Crippen LogP) is 0.428. The summed E-state index contributed by atoms with van der Waals surface area (Å²) < 4.78 is 5.27. The van der Waals surface area contributed by atoms with Gasteiger partial charge in [-0.25, -0.2) is 4.98 Å². The second-order valence-electron chi connectivity index (χ2n) is 2.64. The zero-order valence-corrected chi connectivity index (χ0v) is 7.11. The molecule has 0 saturated heterocycles. The van der Waals surface area contributed by atoms with E-state index in [1.165, 1.54) is 6.33 Å². The molecule has 0 aromatic carbocycles. The van der Waals surface area contributed by atoms with Gasteiger partial charge in [-0.1, -0.05) is 0 Å². The molecule has 5 nitrogen and oxygen atoms in total. The zero-order chi connectivity index (χ0) is 9.14. The summed E-state index contributed by atoms with van der Waals surface area (Å²) in [6.07, 6.45) is 1.35. The molecule has 1 aromatic rings. The van der Waals surface area contributed by atoms with E-state index in [0.29, 0.717) is 11.6 Å². The second kappa shape index (κ2) is 3.25. The molecule has 0 radical (unpaired) electrons. The van der Waals surface area contributed by atoms with E-state index >= 15 is 0 Å². The summed E-state index contributed by atoms with van der Waals surface area (Å²) in [5.41, 5.74) is 11.3. The number of nitrogens with two attached hydrogens (primary N) is 2. The number of ether oxygens (including phenoxy) is 1. The predicted molar refractivity (Wildman–Crippen MR) is 46.6 cm³/mol. The van der Waals surface area contributed by atoms with Gasteiger partial charge in [-0.2, -0.15) is 4.98 Å². The van der Waals surface area contributed by atoms with Crippen molar-refractivity contribution in [1.29, 1.82) is 0 Å². The van der Waals surface area contributed by atoms with Crippen molar-refractivity contribution in [2.45, 2.75) is 20.0 Å². The van der Waals surface area contributed by atoms with Crippen molar-refractivity contribution >= 4 is 11.5 Å². The Hall–Kier alpha value is -1.52. The van der Waals surface area contributed by atoms with E-state index in [2.05, 4.69) is 9.97 Å². The molecule has 0 bridgehead atoms. The first-order valence-corrected chi connectivity index (χ1v) is 3.64. The summed E-state index contributed by atoms with van der Waals surface area (Å²) in [7, 11) is 0. The molecule has 12 heavy (non-hydrogen) atoms. The number of aromatic nitrogens is 2. The van der Waals surface area contributed by atoms with Gasteiger partial charge < -0.3 is 16.2 Å². The molecular weight excluding hydrogens is 156 g/mol. The van der Waals surface area contributed by atoms with Gasteiger partial charge >= 0.3 is 0 Å². The van der Waals surface area contributed by atoms with Gasteiger partial charge in [0.15, 0.2) is 5.82 Å². The van der Waals surface area contributed by atoms with Gasteiger partial charge in [-0.05, 0) is 13.8 Å². The molecule has 0 spiro atoms. The SMILES string of the molecule is CC(C)Oc1ncnc(N)c1N. The minimum absolute atomic E-state index is 0.0293. The monoisotopic (exact) mass is 168 g/mol. The van der Waals surface area contributed by atoms with E-state index in [9.17, 15) is 0 Å². The van der Waals surface area contributed by atoms with Crippen LogP contribution >= 0.6 is 0 Å². The molecule has 0 amide bonds. The van der Waals surface area contributed by atoms with Crippen molar-refractivity contribution in [3.05, 3.63) is 6.33 Å². The van der Waals surface area contributed by atoms with Gasteiger partial charge in [0.05, 0.1) is 6.10 Å². The normalized spacial score (nSPS) is 10.2. The Bertz CT molecular complexity index is 274. The molecule has 5 heteroatoms. The van der Waals surface area contributed by atoms with Crippen LogP contribution in [0.1, 0.15) is 13.8 Å². The van der Waals surface area contributed by atoms with E-state index < -0.39 is 0 Å². The summed E-state index contributed by atoms with van der Waals surface area (Å²) in [4.78, 5) is 7.55. The van der Waals surface area contributed by atoms with Crippen molar-refractivity contribution in [3.63, 3.8) is 0 Å². The molecular formula is C7H12N4O. The Morgan fingerprint density at radius 1 is 1.33 bits per heavy atom. The Balaban J connectivity index is 2.92. The number of anilines is 2. The van der Waals surface area contributed by atoms with Crippen LogP contribution < -0.4 is 16.2 Å². The lowest BCUT2D eigenvalue weighted by Crippen LogP contribution is -2.10. The molecule has 1 heterocycles. The minimum atomic E-state index is 0.0293. The molecule has 1 rings (SSSR count). The van der Waals surface area contributed by atoms with E-state index in [-0.39, 0.29) is 11.9 Å². The average Bonchev–Trinajstić information content (AvgIpc) is 1.98. The molecule has 1 aromatic heterocycles. The number of hydrogen-bond donors (Lipinski definition) is 2. The van der Waals surface area contributed by atoms with Crippen molar-refractivity contribution < 1.29 is 4.74 Å². The molecule has 0 aliphatic heterocycles. The second-order valence-corrected chi connectivity index (χ2v) is 2.64. The van der Waals surface area contributed by atoms with Crippen LogP contribution in [0, 0.1) is 0 Å². The molecule has 0 aliphatic carbocycles. The quantitative estimate of drug-likeness (QED) is 0.668. The number of nitrogens with zero attached hydrogens (tertiary/aromatic N) is 2. The zero-order valence-electron chi connectivity index (χ0n) is 7.11. The van der Waals surface area contributed by atoms with Gasteiger partial charge in [0, 0.05) is 0 Å². The van der Waals surface area contributed by atoms with Crippen LogP contribution in [0.15, 0.2) is 6.33 Å². The summed E-state index contributed by atoms with van der Waals surface area (Å²) >= 11 is 0. The third kappa shape index (κ3) is 1.75. The fourth-order valence-electron chi connectivity index (χ4n) is 0.709. The van der Waals surface area contributed by atoms with E-state index in [1.54, 1.807) is 0 Å². The van der Waals surface area contributed by atoms with Crippen molar-refractivity contribution in [1.82, 2.24) is 9.97 Å². The largest absolute Gasteiger partial charge is 0.473 e. The molecule has 0 fully saturated rings. The Labute approximate surface area is 70.8 Å². The van der Waals surface area contributed by atoms with Crippen molar-refractivity contribution in [2.24, 2.45) is 0 Å². The number of hydrogen-bond acceptors (Lipinski definition) is 5. The van der Waals surface area contributed by atoms with E-state index in [1.807, 2.05) is 13.8 Å². The van der Waals surface area contributed by atoms with Crippen molar-refractivity contribution in [3.8, 4) is 5.88 Å². The van der Waals surface area contributed by atoms with Gasteiger partial charge in [0.1, 0.15) is 12.0 Å². The van der Waals surface area contributed by atoms with Gasteiger partial charge in [0.25, 0.3) is 0 Å². The first-order chi connectivity index (χ1) is 5.61. The van der Waals surface area contributed by atoms with Crippen LogP contribution in [0.3, 0.4) is 0 Å². The first-order valence-electron chi connectivity index (χ1n) is 3.64. The maximum atomic E-state index is 5.56. The Kier molecular flexibility index (Phi) is 2.32.